The molecule has 0 spiro atoms. The molecule has 0 saturated carbocycles. The summed E-state index contributed by atoms with van der Waals surface area (Å²) < 4.78 is 5.30. The third-order valence-electron chi connectivity index (χ3n) is 4.28. The fourth-order valence-corrected chi connectivity index (χ4v) is 2.68. The molecule has 2 aromatic rings. The number of nitrogens with two attached hydrogens (primary N) is 1. The number of primary amides is 1. The summed E-state index contributed by atoms with van der Waals surface area (Å²) in [6, 6.07) is 13.9. The lowest BCUT2D eigenvalue weighted by Crippen LogP contribution is -2.45. The van der Waals surface area contributed by atoms with Gasteiger partial charge in [-0.2, -0.15) is 0 Å². The quantitative estimate of drug-likeness (QED) is 0.837. The standard InChI is InChI=1S/C21H26N2O3/c1-21(2,3)16-11-9-14(10-12-16)20(25)23-17(19(22)24)13-15-7-5-6-8-18(15)26-4/h5-12,17H,13H2,1-4H3,(H2,22,24)(H,23,25)/t17-/m1/s1. The van der Waals surface area contributed by atoms with Gasteiger partial charge < -0.3 is 15.8 Å². The van der Waals surface area contributed by atoms with Gasteiger partial charge in [0, 0.05) is 12.0 Å². The molecule has 0 unspecified atom stereocenters. The van der Waals surface area contributed by atoms with Gasteiger partial charge in [0.25, 0.3) is 5.91 Å². The van der Waals surface area contributed by atoms with Gasteiger partial charge in [0.05, 0.1) is 7.11 Å². The highest BCUT2D eigenvalue weighted by molar-refractivity contribution is 5.97. The van der Waals surface area contributed by atoms with E-state index in [4.69, 9.17) is 10.5 Å². The zero-order chi connectivity index (χ0) is 19.3. The van der Waals surface area contributed by atoms with Crippen LogP contribution in [0.1, 0.15) is 42.3 Å². The number of carbonyl (C=O) groups excluding carboxylic acids is 2. The molecule has 0 bridgehead atoms. The van der Waals surface area contributed by atoms with Crippen molar-refractivity contribution in [2.24, 2.45) is 5.73 Å². The Hall–Kier alpha value is -2.82. The molecular weight excluding hydrogens is 328 g/mol. The normalized spacial score (nSPS) is 12.3. The highest BCUT2D eigenvalue weighted by atomic mass is 16.5. The first-order valence-corrected chi connectivity index (χ1v) is 8.55. The van der Waals surface area contributed by atoms with Crippen LogP contribution in [0, 0.1) is 0 Å². The SMILES string of the molecule is COc1ccccc1C[C@@H](NC(=O)c1ccc(C(C)(C)C)cc1)C(N)=O. The van der Waals surface area contributed by atoms with E-state index in [1.54, 1.807) is 25.3 Å². The van der Waals surface area contributed by atoms with Crippen LogP contribution in [-0.4, -0.2) is 25.0 Å². The molecule has 0 aliphatic rings. The maximum Gasteiger partial charge on any atom is 0.251 e. The van der Waals surface area contributed by atoms with Crippen molar-refractivity contribution in [3.05, 3.63) is 65.2 Å². The first-order chi connectivity index (χ1) is 12.2. The number of nitrogens with one attached hydrogen (secondary N) is 1. The van der Waals surface area contributed by atoms with Gasteiger partial charge in [0.15, 0.2) is 0 Å². The van der Waals surface area contributed by atoms with Gasteiger partial charge >= 0.3 is 0 Å². The zero-order valence-electron chi connectivity index (χ0n) is 15.7. The fourth-order valence-electron chi connectivity index (χ4n) is 2.68. The van der Waals surface area contributed by atoms with Crippen LogP contribution in [0.2, 0.25) is 0 Å². The van der Waals surface area contributed by atoms with Crippen LogP contribution < -0.4 is 15.8 Å². The molecule has 26 heavy (non-hydrogen) atoms. The van der Waals surface area contributed by atoms with Crippen molar-refractivity contribution in [3.63, 3.8) is 0 Å². The predicted octanol–water partition coefficient (Wildman–Crippen LogP) is 2.82. The summed E-state index contributed by atoms with van der Waals surface area (Å²) in [5.41, 5.74) is 7.93. The molecule has 2 aromatic carbocycles. The molecule has 0 heterocycles. The van der Waals surface area contributed by atoms with E-state index in [1.165, 1.54) is 0 Å². The first-order valence-electron chi connectivity index (χ1n) is 8.55. The summed E-state index contributed by atoms with van der Waals surface area (Å²) in [6.45, 7) is 6.33. The average Bonchev–Trinajstić information content (AvgIpc) is 2.60. The molecule has 138 valence electrons. The molecule has 0 aliphatic carbocycles. The summed E-state index contributed by atoms with van der Waals surface area (Å²) >= 11 is 0. The molecule has 0 saturated heterocycles. The highest BCUT2D eigenvalue weighted by Gasteiger charge is 2.21. The minimum absolute atomic E-state index is 0.00856. The number of rotatable bonds is 6. The Kier molecular flexibility index (Phi) is 6.03. The largest absolute Gasteiger partial charge is 0.496 e. The minimum atomic E-state index is -0.818. The Morgan fingerprint density at radius 2 is 1.69 bits per heavy atom. The second kappa shape index (κ2) is 8.04. The van der Waals surface area contributed by atoms with Crippen LogP contribution >= 0.6 is 0 Å². The van der Waals surface area contributed by atoms with E-state index < -0.39 is 11.9 Å². The monoisotopic (exact) mass is 354 g/mol. The minimum Gasteiger partial charge on any atom is -0.496 e. The molecule has 0 fully saturated rings. The van der Waals surface area contributed by atoms with E-state index in [0.717, 1.165) is 11.1 Å². The number of carbonyl (C=O) groups is 2. The van der Waals surface area contributed by atoms with Gasteiger partial charge in [-0.05, 0) is 34.7 Å². The summed E-state index contributed by atoms with van der Waals surface area (Å²) in [7, 11) is 1.56. The second-order valence-electron chi connectivity index (χ2n) is 7.27. The average molecular weight is 354 g/mol. The number of amides is 2. The molecule has 2 amide bonds. The summed E-state index contributed by atoms with van der Waals surface area (Å²) in [5, 5.41) is 2.72. The van der Waals surface area contributed by atoms with Crippen LogP contribution in [0.5, 0.6) is 5.75 Å². The molecular formula is C21H26N2O3. The van der Waals surface area contributed by atoms with Crippen LogP contribution in [0.15, 0.2) is 48.5 Å². The highest BCUT2D eigenvalue weighted by Crippen LogP contribution is 2.22. The number of hydrogen-bond acceptors (Lipinski definition) is 3. The maximum absolute atomic E-state index is 12.5. The lowest BCUT2D eigenvalue weighted by atomic mass is 9.86. The third-order valence-corrected chi connectivity index (χ3v) is 4.28. The van der Waals surface area contributed by atoms with Crippen molar-refractivity contribution < 1.29 is 14.3 Å². The molecule has 3 N–H and O–H groups in total. The zero-order valence-corrected chi connectivity index (χ0v) is 15.7. The lowest BCUT2D eigenvalue weighted by molar-refractivity contribution is -0.119. The van der Waals surface area contributed by atoms with Crippen LogP contribution in [0.4, 0.5) is 0 Å². The Balaban J connectivity index is 2.14. The molecule has 0 aliphatic heterocycles. The van der Waals surface area contributed by atoms with Crippen LogP contribution in [0.3, 0.4) is 0 Å². The topological polar surface area (TPSA) is 81.4 Å². The second-order valence-corrected chi connectivity index (χ2v) is 7.27. The van der Waals surface area contributed by atoms with Crippen molar-refractivity contribution in [1.29, 1.82) is 0 Å². The first kappa shape index (κ1) is 19.5. The fraction of sp³-hybridized carbons (Fsp3) is 0.333. The van der Waals surface area contributed by atoms with E-state index in [0.29, 0.717) is 11.3 Å². The molecule has 5 nitrogen and oxygen atoms in total. The molecule has 0 radical (unpaired) electrons. The number of ether oxygens (including phenoxy) is 1. The maximum atomic E-state index is 12.5. The van der Waals surface area contributed by atoms with E-state index in [-0.39, 0.29) is 17.7 Å². The van der Waals surface area contributed by atoms with Crippen molar-refractivity contribution >= 4 is 11.8 Å². The Labute approximate surface area is 154 Å². The summed E-state index contributed by atoms with van der Waals surface area (Å²) in [5.74, 6) is -0.262. The van der Waals surface area contributed by atoms with E-state index in [1.807, 2.05) is 30.3 Å². The molecule has 5 heteroatoms. The van der Waals surface area contributed by atoms with E-state index in [9.17, 15) is 9.59 Å². The lowest BCUT2D eigenvalue weighted by Gasteiger charge is -2.20. The van der Waals surface area contributed by atoms with Crippen LogP contribution in [0.25, 0.3) is 0 Å². The molecule has 0 aromatic heterocycles. The third kappa shape index (κ3) is 4.85. The number of benzene rings is 2. The van der Waals surface area contributed by atoms with Crippen molar-refractivity contribution in [3.8, 4) is 5.75 Å². The van der Waals surface area contributed by atoms with Crippen LogP contribution in [-0.2, 0) is 16.6 Å². The van der Waals surface area contributed by atoms with E-state index in [2.05, 4.69) is 26.1 Å². The van der Waals surface area contributed by atoms with Crippen molar-refractivity contribution in [2.45, 2.75) is 38.6 Å². The summed E-state index contributed by atoms with van der Waals surface area (Å²) in [4.78, 5) is 24.3. The van der Waals surface area contributed by atoms with Gasteiger partial charge in [-0.25, -0.2) is 0 Å². The van der Waals surface area contributed by atoms with Crippen molar-refractivity contribution in [1.82, 2.24) is 5.32 Å². The number of methoxy groups -OCH3 is 1. The molecule has 1 atom stereocenters. The van der Waals surface area contributed by atoms with Gasteiger partial charge in [0.1, 0.15) is 11.8 Å². The Morgan fingerprint density at radius 3 is 2.23 bits per heavy atom. The van der Waals surface area contributed by atoms with Gasteiger partial charge in [-0.3, -0.25) is 9.59 Å². The Morgan fingerprint density at radius 1 is 1.08 bits per heavy atom. The summed E-state index contributed by atoms with van der Waals surface area (Å²) in [6.07, 6.45) is 0.269. The van der Waals surface area contributed by atoms with E-state index >= 15 is 0 Å². The van der Waals surface area contributed by atoms with Crippen molar-refractivity contribution in [2.75, 3.05) is 7.11 Å². The number of hydrogen-bond donors (Lipinski definition) is 2. The smallest absolute Gasteiger partial charge is 0.251 e. The Bertz CT molecular complexity index is 777. The number of para-hydroxylation sites is 1. The van der Waals surface area contributed by atoms with Gasteiger partial charge in [0.2, 0.25) is 5.91 Å². The van der Waals surface area contributed by atoms with Gasteiger partial charge in [-0.1, -0.05) is 51.1 Å². The predicted molar refractivity (Wildman–Crippen MR) is 102 cm³/mol. The molecule has 2 rings (SSSR count). The van der Waals surface area contributed by atoms with Gasteiger partial charge in [-0.15, -0.1) is 0 Å².